The molecular weight excluding hydrogens is 279 g/mol. The summed E-state index contributed by atoms with van der Waals surface area (Å²) in [5.74, 6) is 0.804. The van der Waals surface area contributed by atoms with Crippen molar-refractivity contribution in [2.45, 2.75) is 19.8 Å². The fourth-order valence-electron chi connectivity index (χ4n) is 1.24. The highest BCUT2D eigenvalue weighted by Gasteiger charge is 2.09. The van der Waals surface area contributed by atoms with Crippen molar-refractivity contribution in [3.8, 4) is 11.5 Å². The number of phenols is 1. The standard InChI is InChI=1S/C10H13IO2/c1-3-4-7-5-6-8(12)10(13-2)9(7)11/h5-6,12H,3-4H2,1-2H3. The second kappa shape index (κ2) is 4.69. The highest BCUT2D eigenvalue weighted by Crippen LogP contribution is 2.33. The minimum atomic E-state index is 0.215. The van der Waals surface area contributed by atoms with Crippen LogP contribution in [0.2, 0.25) is 0 Å². The van der Waals surface area contributed by atoms with Gasteiger partial charge in [-0.15, -0.1) is 0 Å². The van der Waals surface area contributed by atoms with E-state index in [9.17, 15) is 5.11 Å². The zero-order valence-electron chi connectivity index (χ0n) is 7.80. The number of ether oxygens (including phenoxy) is 1. The normalized spacial score (nSPS) is 10.1. The number of aryl methyl sites for hydroxylation is 1. The Balaban J connectivity index is 3.11. The highest BCUT2D eigenvalue weighted by atomic mass is 127. The topological polar surface area (TPSA) is 29.5 Å². The van der Waals surface area contributed by atoms with E-state index >= 15 is 0 Å². The summed E-state index contributed by atoms with van der Waals surface area (Å²) in [6, 6.07) is 3.63. The molecule has 3 heteroatoms. The van der Waals surface area contributed by atoms with Crippen LogP contribution < -0.4 is 4.74 Å². The van der Waals surface area contributed by atoms with Gasteiger partial charge in [0.2, 0.25) is 0 Å². The third kappa shape index (κ3) is 2.27. The van der Waals surface area contributed by atoms with Crippen LogP contribution in [0.25, 0.3) is 0 Å². The number of benzene rings is 1. The van der Waals surface area contributed by atoms with Crippen LogP contribution in [0, 0.1) is 3.57 Å². The molecule has 0 saturated carbocycles. The second-order valence-electron chi connectivity index (χ2n) is 2.84. The lowest BCUT2D eigenvalue weighted by atomic mass is 10.1. The van der Waals surface area contributed by atoms with E-state index in [4.69, 9.17) is 4.74 Å². The third-order valence-electron chi connectivity index (χ3n) is 1.88. The number of hydrogen-bond acceptors (Lipinski definition) is 2. The number of methoxy groups -OCH3 is 1. The fraction of sp³-hybridized carbons (Fsp3) is 0.400. The first-order chi connectivity index (χ1) is 6.20. The molecule has 0 spiro atoms. The number of phenolic OH excluding ortho intramolecular Hbond substituents is 1. The van der Waals surface area contributed by atoms with Gasteiger partial charge in [-0.3, -0.25) is 0 Å². The van der Waals surface area contributed by atoms with Crippen LogP contribution in [0.5, 0.6) is 11.5 Å². The molecule has 0 unspecified atom stereocenters. The van der Waals surface area contributed by atoms with Crippen LogP contribution in [0.4, 0.5) is 0 Å². The van der Waals surface area contributed by atoms with Crippen molar-refractivity contribution in [1.82, 2.24) is 0 Å². The molecule has 0 atom stereocenters. The van der Waals surface area contributed by atoms with Crippen molar-refractivity contribution in [2.24, 2.45) is 0 Å². The zero-order chi connectivity index (χ0) is 9.84. The average Bonchev–Trinajstić information content (AvgIpc) is 2.11. The summed E-state index contributed by atoms with van der Waals surface area (Å²) < 4.78 is 6.12. The summed E-state index contributed by atoms with van der Waals surface area (Å²) >= 11 is 2.20. The fourth-order valence-corrected chi connectivity index (χ4v) is 2.19. The maximum atomic E-state index is 9.45. The Morgan fingerprint density at radius 2 is 2.15 bits per heavy atom. The first-order valence-corrected chi connectivity index (χ1v) is 5.33. The van der Waals surface area contributed by atoms with Gasteiger partial charge in [-0.2, -0.15) is 0 Å². The third-order valence-corrected chi connectivity index (χ3v) is 3.06. The van der Waals surface area contributed by atoms with Gasteiger partial charge in [-0.25, -0.2) is 0 Å². The van der Waals surface area contributed by atoms with Gasteiger partial charge in [0.1, 0.15) is 0 Å². The number of halogens is 1. The zero-order valence-corrected chi connectivity index (χ0v) is 9.96. The molecule has 1 N–H and O–H groups in total. The van der Waals surface area contributed by atoms with Gasteiger partial charge in [0.25, 0.3) is 0 Å². The maximum Gasteiger partial charge on any atom is 0.174 e. The minimum Gasteiger partial charge on any atom is -0.504 e. The molecular formula is C10H13IO2. The van der Waals surface area contributed by atoms with Crippen molar-refractivity contribution in [1.29, 1.82) is 0 Å². The molecule has 0 aliphatic heterocycles. The quantitative estimate of drug-likeness (QED) is 0.868. The molecule has 72 valence electrons. The number of aromatic hydroxyl groups is 1. The van der Waals surface area contributed by atoms with Crippen LogP contribution in [-0.2, 0) is 6.42 Å². The van der Waals surface area contributed by atoms with E-state index in [1.54, 1.807) is 13.2 Å². The van der Waals surface area contributed by atoms with Crippen molar-refractivity contribution in [3.63, 3.8) is 0 Å². The van der Waals surface area contributed by atoms with Crippen molar-refractivity contribution in [2.75, 3.05) is 7.11 Å². The lowest BCUT2D eigenvalue weighted by Crippen LogP contribution is -1.93. The molecule has 0 aliphatic rings. The lowest BCUT2D eigenvalue weighted by molar-refractivity contribution is 0.370. The van der Waals surface area contributed by atoms with E-state index in [2.05, 4.69) is 29.5 Å². The Morgan fingerprint density at radius 1 is 1.46 bits per heavy atom. The molecule has 0 heterocycles. The maximum absolute atomic E-state index is 9.45. The molecule has 0 amide bonds. The summed E-state index contributed by atoms with van der Waals surface area (Å²) in [6.07, 6.45) is 2.12. The summed E-state index contributed by atoms with van der Waals surface area (Å²) in [7, 11) is 1.58. The molecule has 13 heavy (non-hydrogen) atoms. The molecule has 0 radical (unpaired) electrons. The van der Waals surface area contributed by atoms with Crippen LogP contribution in [0.3, 0.4) is 0 Å². The van der Waals surface area contributed by atoms with Crippen molar-refractivity contribution < 1.29 is 9.84 Å². The highest BCUT2D eigenvalue weighted by molar-refractivity contribution is 14.1. The van der Waals surface area contributed by atoms with Gasteiger partial charge >= 0.3 is 0 Å². The van der Waals surface area contributed by atoms with Gasteiger partial charge in [0.05, 0.1) is 10.7 Å². The van der Waals surface area contributed by atoms with Gasteiger partial charge in [-0.05, 0) is 40.6 Å². The predicted octanol–water partition coefficient (Wildman–Crippen LogP) is 2.96. The molecule has 1 aromatic rings. The van der Waals surface area contributed by atoms with Gasteiger partial charge in [0, 0.05) is 0 Å². The Bertz CT molecular complexity index is 297. The Labute approximate surface area is 92.1 Å². The monoisotopic (exact) mass is 292 g/mol. The SMILES string of the molecule is CCCc1ccc(O)c(OC)c1I. The summed E-state index contributed by atoms with van der Waals surface area (Å²) in [5, 5.41) is 9.45. The molecule has 0 aliphatic carbocycles. The van der Waals surface area contributed by atoms with Crippen LogP contribution in [-0.4, -0.2) is 12.2 Å². The van der Waals surface area contributed by atoms with E-state index in [0.29, 0.717) is 5.75 Å². The summed E-state index contributed by atoms with van der Waals surface area (Å²) in [4.78, 5) is 0. The van der Waals surface area contributed by atoms with Crippen molar-refractivity contribution in [3.05, 3.63) is 21.3 Å². The smallest absolute Gasteiger partial charge is 0.174 e. The van der Waals surface area contributed by atoms with Crippen LogP contribution in [0.15, 0.2) is 12.1 Å². The Kier molecular flexibility index (Phi) is 3.84. The summed E-state index contributed by atoms with van der Waals surface area (Å²) in [5.41, 5.74) is 1.23. The minimum absolute atomic E-state index is 0.215. The Morgan fingerprint density at radius 3 is 2.69 bits per heavy atom. The molecule has 1 aromatic carbocycles. The van der Waals surface area contributed by atoms with E-state index in [-0.39, 0.29) is 5.75 Å². The van der Waals surface area contributed by atoms with Gasteiger partial charge in [-0.1, -0.05) is 19.4 Å². The van der Waals surface area contributed by atoms with E-state index in [1.807, 2.05) is 6.07 Å². The lowest BCUT2D eigenvalue weighted by Gasteiger charge is -2.09. The van der Waals surface area contributed by atoms with E-state index in [0.717, 1.165) is 16.4 Å². The first-order valence-electron chi connectivity index (χ1n) is 4.25. The predicted molar refractivity (Wildman–Crippen MR) is 61.4 cm³/mol. The molecule has 2 nitrogen and oxygen atoms in total. The second-order valence-corrected chi connectivity index (χ2v) is 3.92. The van der Waals surface area contributed by atoms with Gasteiger partial charge < -0.3 is 9.84 Å². The molecule has 0 saturated heterocycles. The number of hydrogen-bond donors (Lipinski definition) is 1. The van der Waals surface area contributed by atoms with Crippen molar-refractivity contribution >= 4 is 22.6 Å². The van der Waals surface area contributed by atoms with E-state index < -0.39 is 0 Å². The molecule has 0 aromatic heterocycles. The average molecular weight is 292 g/mol. The van der Waals surface area contributed by atoms with Gasteiger partial charge in [0.15, 0.2) is 11.5 Å². The molecule has 1 rings (SSSR count). The summed E-state index contributed by atoms with van der Waals surface area (Å²) in [6.45, 7) is 2.13. The van der Waals surface area contributed by atoms with E-state index in [1.165, 1.54) is 5.56 Å². The van der Waals surface area contributed by atoms with Crippen LogP contribution >= 0.6 is 22.6 Å². The van der Waals surface area contributed by atoms with Crippen LogP contribution in [0.1, 0.15) is 18.9 Å². The molecule has 0 fully saturated rings. The first kappa shape index (κ1) is 10.6. The largest absolute Gasteiger partial charge is 0.504 e. The Hall–Kier alpha value is -0.450. The number of rotatable bonds is 3. The molecule has 0 bridgehead atoms.